The Morgan fingerprint density at radius 1 is 1.50 bits per heavy atom. The number of aromatic nitrogens is 1. The Morgan fingerprint density at radius 2 is 2.31 bits per heavy atom. The third-order valence-corrected chi connectivity index (χ3v) is 2.82. The number of fused-ring (bicyclic) bond motifs is 1. The maximum atomic E-state index is 11.3. The summed E-state index contributed by atoms with van der Waals surface area (Å²) in [5.41, 5.74) is 1.49. The number of anilines is 1. The van der Waals surface area contributed by atoms with Crippen molar-refractivity contribution in [2.75, 3.05) is 11.1 Å². The molecule has 16 heavy (non-hydrogen) atoms. The third-order valence-electron chi connectivity index (χ3n) is 2.10. The Morgan fingerprint density at radius 3 is 3.06 bits per heavy atom. The molecule has 2 rings (SSSR count). The highest BCUT2D eigenvalue weighted by Crippen LogP contribution is 2.23. The van der Waals surface area contributed by atoms with E-state index in [1.54, 1.807) is 6.20 Å². The van der Waals surface area contributed by atoms with E-state index in [2.05, 4.69) is 38.9 Å². The average Bonchev–Trinajstić information content (AvgIpc) is 2.28. The molecule has 1 heterocycles. The van der Waals surface area contributed by atoms with Crippen LogP contribution in [-0.2, 0) is 4.79 Å². The summed E-state index contributed by atoms with van der Waals surface area (Å²) in [6.07, 6.45) is 1.71. The molecule has 0 radical (unpaired) electrons. The molecule has 0 atom stereocenters. The molecule has 1 aromatic heterocycles. The van der Waals surface area contributed by atoms with Crippen LogP contribution >= 0.6 is 28.6 Å². The molecule has 5 heteroatoms. The maximum Gasteiger partial charge on any atom is 0.234 e. The van der Waals surface area contributed by atoms with Crippen molar-refractivity contribution in [3.63, 3.8) is 0 Å². The molecular weight excluding hydrogens is 288 g/mol. The van der Waals surface area contributed by atoms with Crippen LogP contribution in [0.4, 0.5) is 5.69 Å². The molecule has 0 aliphatic carbocycles. The standard InChI is InChI=1S/C11H9BrN2OS/c12-8-4-7-2-1-3-9(11(7)13-5-8)14-10(15)6-16/h1-5,16H,6H2,(H,14,15). The molecule has 0 spiro atoms. The van der Waals surface area contributed by atoms with Gasteiger partial charge in [0, 0.05) is 16.1 Å². The SMILES string of the molecule is O=C(CS)Nc1cccc2cc(Br)cnc12. The Labute approximate surface area is 107 Å². The van der Waals surface area contributed by atoms with Gasteiger partial charge in [-0.15, -0.1) is 0 Å². The number of para-hydroxylation sites is 1. The summed E-state index contributed by atoms with van der Waals surface area (Å²) in [5.74, 6) is 0.0213. The van der Waals surface area contributed by atoms with Crippen molar-refractivity contribution in [3.8, 4) is 0 Å². The van der Waals surface area contributed by atoms with Gasteiger partial charge in [-0.05, 0) is 28.1 Å². The summed E-state index contributed by atoms with van der Waals surface area (Å²) < 4.78 is 0.915. The number of carbonyl (C=O) groups is 1. The molecule has 0 fully saturated rings. The van der Waals surface area contributed by atoms with Crippen LogP contribution in [0.5, 0.6) is 0 Å². The topological polar surface area (TPSA) is 42.0 Å². The number of hydrogen-bond donors (Lipinski definition) is 2. The lowest BCUT2D eigenvalue weighted by Crippen LogP contribution is -2.13. The van der Waals surface area contributed by atoms with Crippen molar-refractivity contribution in [1.29, 1.82) is 0 Å². The summed E-state index contributed by atoms with van der Waals surface area (Å²) in [7, 11) is 0. The first-order chi connectivity index (χ1) is 7.70. The van der Waals surface area contributed by atoms with Crippen LogP contribution in [0.1, 0.15) is 0 Å². The minimum absolute atomic E-state index is 0.138. The zero-order valence-electron chi connectivity index (χ0n) is 8.27. The number of carbonyl (C=O) groups excluding carboxylic acids is 1. The molecule has 0 aliphatic rings. The van der Waals surface area contributed by atoms with E-state index in [0.29, 0.717) is 5.69 Å². The van der Waals surface area contributed by atoms with E-state index in [0.717, 1.165) is 15.4 Å². The van der Waals surface area contributed by atoms with Gasteiger partial charge in [-0.25, -0.2) is 0 Å². The van der Waals surface area contributed by atoms with Crippen LogP contribution in [0.25, 0.3) is 10.9 Å². The molecule has 0 aliphatic heterocycles. The molecule has 0 saturated carbocycles. The van der Waals surface area contributed by atoms with E-state index in [-0.39, 0.29) is 11.7 Å². The van der Waals surface area contributed by atoms with E-state index in [4.69, 9.17) is 0 Å². The lowest BCUT2D eigenvalue weighted by atomic mass is 10.2. The van der Waals surface area contributed by atoms with Gasteiger partial charge >= 0.3 is 0 Å². The Bertz CT molecular complexity index is 544. The first-order valence-corrected chi connectivity index (χ1v) is 6.08. The van der Waals surface area contributed by atoms with E-state index in [1.165, 1.54) is 0 Å². The van der Waals surface area contributed by atoms with Crippen molar-refractivity contribution in [3.05, 3.63) is 34.9 Å². The van der Waals surface area contributed by atoms with E-state index in [1.807, 2.05) is 24.3 Å². The zero-order chi connectivity index (χ0) is 11.5. The predicted molar refractivity (Wildman–Crippen MR) is 71.9 cm³/mol. The first kappa shape index (κ1) is 11.4. The second-order valence-corrected chi connectivity index (χ2v) is 4.47. The van der Waals surface area contributed by atoms with Gasteiger partial charge in [-0.2, -0.15) is 12.6 Å². The molecule has 2 aromatic rings. The molecule has 3 nitrogen and oxygen atoms in total. The van der Waals surface area contributed by atoms with Crippen LogP contribution in [-0.4, -0.2) is 16.6 Å². The van der Waals surface area contributed by atoms with Gasteiger partial charge in [0.15, 0.2) is 0 Å². The average molecular weight is 297 g/mol. The Hall–Kier alpha value is -1.07. The molecule has 0 unspecified atom stereocenters. The van der Waals surface area contributed by atoms with Gasteiger partial charge < -0.3 is 5.32 Å². The molecule has 1 N–H and O–H groups in total. The number of benzene rings is 1. The van der Waals surface area contributed by atoms with E-state index < -0.39 is 0 Å². The van der Waals surface area contributed by atoms with Crippen LogP contribution in [0, 0.1) is 0 Å². The van der Waals surface area contributed by atoms with Crippen molar-refractivity contribution in [1.82, 2.24) is 4.98 Å². The van der Waals surface area contributed by atoms with Crippen LogP contribution in [0.15, 0.2) is 34.9 Å². The van der Waals surface area contributed by atoms with E-state index in [9.17, 15) is 4.79 Å². The lowest BCUT2D eigenvalue weighted by Gasteiger charge is -2.06. The van der Waals surface area contributed by atoms with Crippen LogP contribution in [0.3, 0.4) is 0 Å². The largest absolute Gasteiger partial charge is 0.323 e. The zero-order valence-corrected chi connectivity index (χ0v) is 10.8. The molecule has 0 bridgehead atoms. The molecule has 0 saturated heterocycles. The van der Waals surface area contributed by atoms with Gasteiger partial charge in [0.2, 0.25) is 5.91 Å². The van der Waals surface area contributed by atoms with Gasteiger partial charge in [0.1, 0.15) is 0 Å². The summed E-state index contributed by atoms with van der Waals surface area (Å²) in [6.45, 7) is 0. The smallest absolute Gasteiger partial charge is 0.234 e. The predicted octanol–water partition coefficient (Wildman–Crippen LogP) is 2.87. The number of hydrogen-bond acceptors (Lipinski definition) is 3. The van der Waals surface area contributed by atoms with Gasteiger partial charge in [0.05, 0.1) is 17.0 Å². The monoisotopic (exact) mass is 296 g/mol. The maximum absolute atomic E-state index is 11.3. The fraction of sp³-hybridized carbons (Fsp3) is 0.0909. The fourth-order valence-corrected chi connectivity index (χ4v) is 1.85. The Kier molecular flexibility index (Phi) is 3.46. The Balaban J connectivity index is 2.49. The van der Waals surface area contributed by atoms with Crippen LogP contribution < -0.4 is 5.32 Å². The number of pyridine rings is 1. The first-order valence-electron chi connectivity index (χ1n) is 4.65. The van der Waals surface area contributed by atoms with Crippen molar-refractivity contribution >= 4 is 51.1 Å². The molecular formula is C11H9BrN2OS. The minimum atomic E-state index is -0.138. The van der Waals surface area contributed by atoms with Crippen molar-refractivity contribution in [2.45, 2.75) is 0 Å². The molecule has 82 valence electrons. The minimum Gasteiger partial charge on any atom is -0.323 e. The van der Waals surface area contributed by atoms with Gasteiger partial charge in [0.25, 0.3) is 0 Å². The highest BCUT2D eigenvalue weighted by atomic mass is 79.9. The third kappa shape index (κ3) is 2.36. The quantitative estimate of drug-likeness (QED) is 0.837. The number of nitrogens with zero attached hydrogens (tertiary/aromatic N) is 1. The summed E-state index contributed by atoms with van der Waals surface area (Å²) in [6, 6.07) is 7.61. The van der Waals surface area contributed by atoms with Crippen LogP contribution in [0.2, 0.25) is 0 Å². The highest BCUT2D eigenvalue weighted by Gasteiger charge is 2.05. The van der Waals surface area contributed by atoms with Gasteiger partial charge in [-0.3, -0.25) is 9.78 Å². The van der Waals surface area contributed by atoms with E-state index >= 15 is 0 Å². The number of thiol groups is 1. The highest BCUT2D eigenvalue weighted by molar-refractivity contribution is 9.10. The molecule has 1 amide bonds. The fourth-order valence-electron chi connectivity index (χ4n) is 1.42. The molecule has 1 aromatic carbocycles. The number of halogens is 1. The van der Waals surface area contributed by atoms with Crippen molar-refractivity contribution in [2.24, 2.45) is 0 Å². The summed E-state index contributed by atoms with van der Waals surface area (Å²) >= 11 is 7.28. The second kappa shape index (κ2) is 4.84. The number of amides is 1. The summed E-state index contributed by atoms with van der Waals surface area (Å²) in [5, 5.41) is 3.74. The number of rotatable bonds is 2. The van der Waals surface area contributed by atoms with Crippen molar-refractivity contribution < 1.29 is 4.79 Å². The number of nitrogens with one attached hydrogen (secondary N) is 1. The second-order valence-electron chi connectivity index (χ2n) is 3.24. The lowest BCUT2D eigenvalue weighted by molar-refractivity contribution is -0.113. The van der Waals surface area contributed by atoms with Gasteiger partial charge in [-0.1, -0.05) is 12.1 Å². The summed E-state index contributed by atoms with van der Waals surface area (Å²) in [4.78, 5) is 15.5. The normalized spacial score (nSPS) is 10.4.